The maximum Gasteiger partial charge on any atom is 0.265 e. The van der Waals surface area contributed by atoms with Crippen LogP contribution in [0.4, 0.5) is 0 Å². The van der Waals surface area contributed by atoms with Crippen LogP contribution in [0.15, 0.2) is 28.7 Å². The number of ether oxygens (including phenoxy) is 1. The van der Waals surface area contributed by atoms with Gasteiger partial charge in [-0.05, 0) is 25.1 Å². The molecule has 5 nitrogen and oxygen atoms in total. The van der Waals surface area contributed by atoms with Gasteiger partial charge in [0.05, 0.1) is 12.1 Å². The molecule has 0 saturated carbocycles. The van der Waals surface area contributed by atoms with Gasteiger partial charge in [0.1, 0.15) is 18.8 Å². The third-order valence-corrected chi connectivity index (χ3v) is 2.78. The molecule has 0 saturated heterocycles. The Kier molecular flexibility index (Phi) is 5.84. The first-order valence-corrected chi connectivity index (χ1v) is 6.32. The van der Waals surface area contributed by atoms with Gasteiger partial charge in [0, 0.05) is 4.47 Å². The molecule has 1 rings (SSSR count). The fourth-order valence-corrected chi connectivity index (χ4v) is 1.81. The molecular formula is C13H12BrN3O2. The lowest BCUT2D eigenvalue weighted by atomic mass is 10.3. The maximum atomic E-state index is 12.0. The zero-order valence-corrected chi connectivity index (χ0v) is 11.9. The molecule has 98 valence electrons. The molecule has 0 radical (unpaired) electrons. The molecule has 1 amide bonds. The van der Waals surface area contributed by atoms with E-state index in [4.69, 9.17) is 15.3 Å². The first-order valence-electron chi connectivity index (χ1n) is 5.53. The molecule has 1 aromatic rings. The van der Waals surface area contributed by atoms with E-state index in [1.807, 2.05) is 18.2 Å². The molecule has 0 N–H and O–H groups in total. The Labute approximate surface area is 120 Å². The van der Waals surface area contributed by atoms with Crippen LogP contribution < -0.4 is 4.74 Å². The molecule has 0 aliphatic heterocycles. The highest BCUT2D eigenvalue weighted by atomic mass is 79.9. The van der Waals surface area contributed by atoms with Crippen molar-refractivity contribution in [3.63, 3.8) is 0 Å². The zero-order valence-electron chi connectivity index (χ0n) is 10.3. The molecule has 1 aromatic carbocycles. The van der Waals surface area contributed by atoms with E-state index >= 15 is 0 Å². The number of amides is 1. The Morgan fingerprint density at radius 2 is 2.05 bits per heavy atom. The predicted molar refractivity (Wildman–Crippen MR) is 72.0 cm³/mol. The van der Waals surface area contributed by atoms with Gasteiger partial charge in [-0.2, -0.15) is 10.5 Å². The Morgan fingerprint density at radius 3 is 2.58 bits per heavy atom. The zero-order chi connectivity index (χ0) is 14.3. The smallest absolute Gasteiger partial charge is 0.265 e. The van der Waals surface area contributed by atoms with Crippen molar-refractivity contribution >= 4 is 21.8 Å². The second kappa shape index (κ2) is 7.40. The van der Waals surface area contributed by atoms with E-state index < -0.39 is 6.10 Å². The monoisotopic (exact) mass is 321 g/mol. The fraction of sp³-hybridized carbons (Fsp3) is 0.308. The highest BCUT2D eigenvalue weighted by Gasteiger charge is 2.21. The average Bonchev–Trinajstić information content (AvgIpc) is 2.37. The van der Waals surface area contributed by atoms with Crippen molar-refractivity contribution in [2.45, 2.75) is 13.0 Å². The number of hydrogen-bond acceptors (Lipinski definition) is 4. The summed E-state index contributed by atoms with van der Waals surface area (Å²) < 4.78 is 6.33. The van der Waals surface area contributed by atoms with Crippen molar-refractivity contribution in [2.24, 2.45) is 0 Å². The molecule has 19 heavy (non-hydrogen) atoms. The summed E-state index contributed by atoms with van der Waals surface area (Å²) in [4.78, 5) is 13.2. The second-order valence-electron chi connectivity index (χ2n) is 3.73. The van der Waals surface area contributed by atoms with Crippen LogP contribution >= 0.6 is 15.9 Å². The number of benzene rings is 1. The van der Waals surface area contributed by atoms with E-state index in [1.165, 1.54) is 0 Å². The van der Waals surface area contributed by atoms with Gasteiger partial charge in [-0.25, -0.2) is 0 Å². The molecule has 1 atom stereocenters. The van der Waals surface area contributed by atoms with Crippen LogP contribution in [0.1, 0.15) is 6.92 Å². The van der Waals surface area contributed by atoms with Crippen molar-refractivity contribution < 1.29 is 9.53 Å². The van der Waals surface area contributed by atoms with E-state index in [-0.39, 0.29) is 19.0 Å². The van der Waals surface area contributed by atoms with Crippen molar-refractivity contribution in [1.82, 2.24) is 4.90 Å². The van der Waals surface area contributed by atoms with E-state index in [0.717, 1.165) is 9.37 Å². The standard InChI is InChI=1S/C13H12BrN3O2/c1-10(13(18)17(7-5-15)8-6-16)19-12-4-2-3-11(14)9-12/h2-4,9-10H,7-8H2,1H3/t10-/m1/s1. The number of hydrogen-bond donors (Lipinski definition) is 0. The topological polar surface area (TPSA) is 77.1 Å². The minimum Gasteiger partial charge on any atom is -0.481 e. The van der Waals surface area contributed by atoms with Crippen molar-refractivity contribution in [2.75, 3.05) is 13.1 Å². The van der Waals surface area contributed by atoms with Gasteiger partial charge in [0.15, 0.2) is 6.10 Å². The minimum absolute atomic E-state index is 0.126. The average molecular weight is 322 g/mol. The summed E-state index contributed by atoms with van der Waals surface area (Å²) in [6.07, 6.45) is -0.754. The molecule has 0 aromatic heterocycles. The number of halogens is 1. The molecule has 0 unspecified atom stereocenters. The summed E-state index contributed by atoms with van der Waals surface area (Å²) in [7, 11) is 0. The molecular weight excluding hydrogens is 310 g/mol. The summed E-state index contributed by atoms with van der Waals surface area (Å²) in [6, 6.07) is 10.8. The first kappa shape index (κ1) is 15.0. The summed E-state index contributed by atoms with van der Waals surface area (Å²) in [6.45, 7) is 1.34. The van der Waals surface area contributed by atoms with Crippen LogP contribution in [0, 0.1) is 22.7 Å². The van der Waals surface area contributed by atoms with E-state index in [0.29, 0.717) is 5.75 Å². The number of rotatable bonds is 5. The Hall–Kier alpha value is -2.05. The van der Waals surface area contributed by atoms with E-state index in [1.54, 1.807) is 25.1 Å². The van der Waals surface area contributed by atoms with Gasteiger partial charge in [0.2, 0.25) is 0 Å². The van der Waals surface area contributed by atoms with Crippen molar-refractivity contribution in [3.05, 3.63) is 28.7 Å². The number of carbonyl (C=O) groups excluding carboxylic acids is 1. The summed E-state index contributed by atoms with van der Waals surface area (Å²) in [5, 5.41) is 17.2. The third-order valence-electron chi connectivity index (χ3n) is 2.29. The summed E-state index contributed by atoms with van der Waals surface area (Å²) in [5.74, 6) is 0.159. The number of nitrogens with zero attached hydrogens (tertiary/aromatic N) is 3. The lowest BCUT2D eigenvalue weighted by molar-refractivity contribution is -0.136. The lowest BCUT2D eigenvalue weighted by Crippen LogP contribution is -2.40. The van der Waals surface area contributed by atoms with Gasteiger partial charge in [-0.3, -0.25) is 4.79 Å². The normalized spacial score (nSPS) is 10.9. The van der Waals surface area contributed by atoms with E-state index in [9.17, 15) is 4.79 Å². The van der Waals surface area contributed by atoms with Crippen LogP contribution in [-0.4, -0.2) is 30.0 Å². The second-order valence-corrected chi connectivity index (χ2v) is 4.64. The Bertz CT molecular complexity index is 517. The largest absolute Gasteiger partial charge is 0.481 e. The quantitative estimate of drug-likeness (QED) is 0.778. The molecule has 0 aliphatic carbocycles. The summed E-state index contributed by atoms with van der Waals surface area (Å²) >= 11 is 3.31. The van der Waals surface area contributed by atoms with Gasteiger partial charge in [0.25, 0.3) is 5.91 Å². The fourth-order valence-electron chi connectivity index (χ4n) is 1.43. The maximum absolute atomic E-state index is 12.0. The van der Waals surface area contributed by atoms with Crippen LogP contribution in [0.2, 0.25) is 0 Å². The van der Waals surface area contributed by atoms with Gasteiger partial charge in [-0.15, -0.1) is 0 Å². The molecule has 0 fully saturated rings. The predicted octanol–water partition coefficient (Wildman–Crippen LogP) is 2.09. The lowest BCUT2D eigenvalue weighted by Gasteiger charge is -2.21. The van der Waals surface area contributed by atoms with Crippen LogP contribution in [0.3, 0.4) is 0 Å². The van der Waals surface area contributed by atoms with Gasteiger partial charge < -0.3 is 9.64 Å². The third kappa shape index (κ3) is 4.61. The SMILES string of the molecule is C[C@@H](Oc1cccc(Br)c1)C(=O)N(CC#N)CC#N. The van der Waals surface area contributed by atoms with Crippen LogP contribution in [0.5, 0.6) is 5.75 Å². The van der Waals surface area contributed by atoms with E-state index in [2.05, 4.69) is 15.9 Å². The van der Waals surface area contributed by atoms with Crippen molar-refractivity contribution in [3.8, 4) is 17.9 Å². The summed E-state index contributed by atoms with van der Waals surface area (Å²) in [5.41, 5.74) is 0. The number of carbonyl (C=O) groups is 1. The van der Waals surface area contributed by atoms with Crippen LogP contribution in [-0.2, 0) is 4.79 Å². The van der Waals surface area contributed by atoms with Gasteiger partial charge in [-0.1, -0.05) is 22.0 Å². The molecule has 0 bridgehead atoms. The number of nitriles is 2. The van der Waals surface area contributed by atoms with Gasteiger partial charge >= 0.3 is 0 Å². The van der Waals surface area contributed by atoms with Crippen LogP contribution in [0.25, 0.3) is 0 Å². The van der Waals surface area contributed by atoms with Crippen molar-refractivity contribution in [1.29, 1.82) is 10.5 Å². The minimum atomic E-state index is -0.754. The highest BCUT2D eigenvalue weighted by Crippen LogP contribution is 2.19. The highest BCUT2D eigenvalue weighted by molar-refractivity contribution is 9.10. The molecule has 6 heteroatoms. The Balaban J connectivity index is 2.71. The molecule has 0 aliphatic rings. The Morgan fingerprint density at radius 1 is 1.42 bits per heavy atom. The molecule has 0 spiro atoms. The molecule has 0 heterocycles. The first-order chi connectivity index (χ1) is 9.08.